The molecule has 112 valence electrons. The molecule has 1 unspecified atom stereocenters. The summed E-state index contributed by atoms with van der Waals surface area (Å²) in [6.45, 7) is 2.20. The predicted molar refractivity (Wildman–Crippen MR) is 90.4 cm³/mol. The van der Waals surface area contributed by atoms with Gasteiger partial charge in [-0.3, -0.25) is 9.48 Å². The van der Waals surface area contributed by atoms with Crippen molar-refractivity contribution in [1.82, 2.24) is 15.1 Å². The van der Waals surface area contributed by atoms with Gasteiger partial charge in [-0.1, -0.05) is 36.4 Å². The third-order valence-electron chi connectivity index (χ3n) is 3.56. The summed E-state index contributed by atoms with van der Waals surface area (Å²) >= 11 is 3.32. The van der Waals surface area contributed by atoms with Crippen molar-refractivity contribution in [3.8, 4) is 0 Å². The van der Waals surface area contributed by atoms with Gasteiger partial charge in [0.2, 0.25) is 5.91 Å². The van der Waals surface area contributed by atoms with Gasteiger partial charge < -0.3 is 5.32 Å². The maximum atomic E-state index is 12.1. The largest absolute Gasteiger partial charge is 0.348 e. The summed E-state index contributed by atoms with van der Waals surface area (Å²) in [7, 11) is 0. The number of aromatic nitrogens is 2. The minimum atomic E-state index is -0.0590. The van der Waals surface area contributed by atoms with Crippen LogP contribution in [0.5, 0.6) is 0 Å². The lowest BCUT2D eigenvalue weighted by molar-refractivity contribution is -0.122. The van der Waals surface area contributed by atoms with Crippen molar-refractivity contribution in [2.24, 2.45) is 0 Å². The summed E-state index contributed by atoms with van der Waals surface area (Å²) in [5.74, 6) is -0.0590. The van der Waals surface area contributed by atoms with Gasteiger partial charge in [-0.25, -0.2) is 0 Å². The number of nitrogens with one attached hydrogen (secondary N) is 1. The second-order valence-electron chi connectivity index (χ2n) is 5.25. The first-order chi connectivity index (χ1) is 10.6. The number of benzene rings is 2. The molecule has 1 amide bonds. The van der Waals surface area contributed by atoms with Crippen molar-refractivity contribution >= 4 is 32.6 Å². The minimum Gasteiger partial charge on any atom is -0.348 e. The third-order valence-corrected chi connectivity index (χ3v) is 3.97. The Bertz CT molecular complexity index is 812. The van der Waals surface area contributed by atoms with Gasteiger partial charge in [0.15, 0.2) is 0 Å². The Labute approximate surface area is 137 Å². The molecule has 3 rings (SSSR count). The van der Waals surface area contributed by atoms with Crippen LogP contribution in [0.1, 0.15) is 18.5 Å². The Balaban J connectivity index is 1.69. The predicted octanol–water partition coefficient (Wildman–Crippen LogP) is 3.68. The van der Waals surface area contributed by atoms with Crippen LogP contribution in [-0.2, 0) is 11.3 Å². The molecular formula is C17H16BrN3O. The van der Waals surface area contributed by atoms with Crippen LogP contribution in [0.2, 0.25) is 0 Å². The molecule has 0 saturated carbocycles. The van der Waals surface area contributed by atoms with Crippen molar-refractivity contribution in [2.45, 2.75) is 19.5 Å². The standard InChI is InChI=1S/C17H16BrN3O/c1-12(20-17(22)11-21-10-16(18)9-19-21)14-7-6-13-4-2-3-5-15(13)8-14/h2-10,12H,11H2,1H3,(H,20,22). The average Bonchev–Trinajstić information content (AvgIpc) is 2.91. The normalized spacial score (nSPS) is 12.3. The van der Waals surface area contributed by atoms with Crippen LogP contribution in [0.25, 0.3) is 10.8 Å². The van der Waals surface area contributed by atoms with Crippen LogP contribution in [0.4, 0.5) is 0 Å². The lowest BCUT2D eigenvalue weighted by Crippen LogP contribution is -2.30. The quantitative estimate of drug-likeness (QED) is 0.774. The van der Waals surface area contributed by atoms with E-state index in [0.717, 1.165) is 10.0 Å². The summed E-state index contributed by atoms with van der Waals surface area (Å²) < 4.78 is 2.47. The number of carbonyl (C=O) groups is 1. The van der Waals surface area contributed by atoms with Gasteiger partial charge in [-0.15, -0.1) is 0 Å². The molecule has 2 aromatic carbocycles. The highest BCUT2D eigenvalue weighted by atomic mass is 79.9. The van der Waals surface area contributed by atoms with E-state index in [0.29, 0.717) is 0 Å². The van der Waals surface area contributed by atoms with Crippen LogP contribution in [0.15, 0.2) is 59.3 Å². The molecule has 1 heterocycles. The van der Waals surface area contributed by atoms with E-state index in [1.165, 1.54) is 10.8 Å². The van der Waals surface area contributed by atoms with Crippen molar-refractivity contribution in [2.75, 3.05) is 0 Å². The highest BCUT2D eigenvalue weighted by molar-refractivity contribution is 9.10. The van der Waals surface area contributed by atoms with Crippen LogP contribution >= 0.6 is 15.9 Å². The number of nitrogens with zero attached hydrogens (tertiary/aromatic N) is 2. The topological polar surface area (TPSA) is 46.9 Å². The van der Waals surface area contributed by atoms with Crippen molar-refractivity contribution in [3.63, 3.8) is 0 Å². The Morgan fingerprint density at radius 1 is 1.27 bits per heavy atom. The number of hydrogen-bond acceptors (Lipinski definition) is 2. The number of halogens is 1. The molecule has 0 aliphatic carbocycles. The molecule has 1 aromatic heterocycles. The number of amides is 1. The average molecular weight is 358 g/mol. The SMILES string of the molecule is CC(NC(=O)Cn1cc(Br)cn1)c1ccc2ccccc2c1. The summed E-state index contributed by atoms with van der Waals surface area (Å²) in [5.41, 5.74) is 1.09. The molecule has 0 fully saturated rings. The van der Waals surface area contributed by atoms with E-state index in [2.05, 4.69) is 56.7 Å². The van der Waals surface area contributed by atoms with Gasteiger partial charge in [0.25, 0.3) is 0 Å². The van der Waals surface area contributed by atoms with Gasteiger partial charge in [0.1, 0.15) is 6.54 Å². The van der Waals surface area contributed by atoms with Gasteiger partial charge in [0.05, 0.1) is 16.7 Å². The van der Waals surface area contributed by atoms with Crippen molar-refractivity contribution in [1.29, 1.82) is 0 Å². The smallest absolute Gasteiger partial charge is 0.242 e. The first-order valence-electron chi connectivity index (χ1n) is 7.08. The molecule has 0 bridgehead atoms. The Kier molecular flexibility index (Phi) is 4.24. The van der Waals surface area contributed by atoms with E-state index in [-0.39, 0.29) is 18.5 Å². The Hall–Kier alpha value is -2.14. The van der Waals surface area contributed by atoms with Crippen LogP contribution in [0.3, 0.4) is 0 Å². The lowest BCUT2D eigenvalue weighted by atomic mass is 10.0. The fraction of sp³-hybridized carbons (Fsp3) is 0.176. The molecular weight excluding hydrogens is 342 g/mol. The van der Waals surface area contributed by atoms with Gasteiger partial charge in [-0.05, 0) is 45.3 Å². The molecule has 5 heteroatoms. The van der Waals surface area contributed by atoms with Crippen molar-refractivity contribution in [3.05, 3.63) is 64.9 Å². The Morgan fingerprint density at radius 3 is 2.77 bits per heavy atom. The van der Waals surface area contributed by atoms with Gasteiger partial charge >= 0.3 is 0 Å². The minimum absolute atomic E-state index is 0.0453. The highest BCUT2D eigenvalue weighted by Crippen LogP contribution is 2.20. The number of carbonyl (C=O) groups excluding carboxylic acids is 1. The fourth-order valence-corrected chi connectivity index (χ4v) is 2.75. The maximum absolute atomic E-state index is 12.1. The second-order valence-corrected chi connectivity index (χ2v) is 6.17. The zero-order valence-corrected chi connectivity index (χ0v) is 13.7. The molecule has 0 spiro atoms. The van der Waals surface area contributed by atoms with E-state index >= 15 is 0 Å². The molecule has 1 atom stereocenters. The highest BCUT2D eigenvalue weighted by Gasteiger charge is 2.11. The van der Waals surface area contributed by atoms with E-state index in [9.17, 15) is 4.79 Å². The fourth-order valence-electron chi connectivity index (χ4n) is 2.42. The molecule has 0 saturated heterocycles. The van der Waals surface area contributed by atoms with Gasteiger partial charge in [0, 0.05) is 6.20 Å². The van der Waals surface area contributed by atoms with E-state index in [1.807, 2.05) is 19.1 Å². The van der Waals surface area contributed by atoms with E-state index in [4.69, 9.17) is 0 Å². The summed E-state index contributed by atoms with van der Waals surface area (Å²) in [6, 6.07) is 14.4. The molecule has 22 heavy (non-hydrogen) atoms. The van der Waals surface area contributed by atoms with Crippen LogP contribution in [-0.4, -0.2) is 15.7 Å². The number of hydrogen-bond donors (Lipinski definition) is 1. The molecule has 3 aromatic rings. The molecule has 0 aliphatic heterocycles. The second kappa shape index (κ2) is 6.32. The monoisotopic (exact) mass is 357 g/mol. The van der Waals surface area contributed by atoms with E-state index in [1.54, 1.807) is 17.1 Å². The zero-order chi connectivity index (χ0) is 15.5. The molecule has 1 N–H and O–H groups in total. The third kappa shape index (κ3) is 3.36. The van der Waals surface area contributed by atoms with Crippen LogP contribution in [0, 0.1) is 0 Å². The summed E-state index contributed by atoms with van der Waals surface area (Å²) in [4.78, 5) is 12.1. The van der Waals surface area contributed by atoms with Crippen molar-refractivity contribution < 1.29 is 4.79 Å². The molecule has 0 radical (unpaired) electrons. The maximum Gasteiger partial charge on any atom is 0.242 e. The lowest BCUT2D eigenvalue weighted by Gasteiger charge is -2.15. The van der Waals surface area contributed by atoms with Gasteiger partial charge in [-0.2, -0.15) is 5.10 Å². The summed E-state index contributed by atoms with van der Waals surface area (Å²) in [5, 5.41) is 9.47. The number of rotatable bonds is 4. The first-order valence-corrected chi connectivity index (χ1v) is 7.87. The molecule has 0 aliphatic rings. The number of fused-ring (bicyclic) bond motifs is 1. The van der Waals surface area contributed by atoms with Crippen LogP contribution < -0.4 is 5.32 Å². The zero-order valence-electron chi connectivity index (χ0n) is 12.2. The Morgan fingerprint density at radius 2 is 2.05 bits per heavy atom. The van der Waals surface area contributed by atoms with E-state index < -0.39 is 0 Å². The first kappa shape index (κ1) is 14.8. The molecule has 4 nitrogen and oxygen atoms in total. The summed E-state index contributed by atoms with van der Waals surface area (Å²) in [6.07, 6.45) is 3.44.